The number of hydrogen-bond donors (Lipinski definition) is 1. The van der Waals surface area contributed by atoms with E-state index in [4.69, 9.17) is 17.0 Å². The van der Waals surface area contributed by atoms with Crippen LogP contribution in [0.1, 0.15) is 18.1 Å². The van der Waals surface area contributed by atoms with Crippen LogP contribution < -0.4 is 10.1 Å². The number of benzene rings is 2. The van der Waals surface area contributed by atoms with Gasteiger partial charge in [0, 0.05) is 37.4 Å². The lowest BCUT2D eigenvalue weighted by atomic mass is 10.1. The molecule has 1 aliphatic heterocycles. The Labute approximate surface area is 172 Å². The third-order valence-corrected chi connectivity index (χ3v) is 5.43. The molecule has 1 heterocycles. The minimum absolute atomic E-state index is 0.0275. The first-order valence-electron chi connectivity index (χ1n) is 9.65. The molecular weight excluding hydrogens is 370 g/mol. The van der Waals surface area contributed by atoms with Gasteiger partial charge >= 0.3 is 0 Å². The Morgan fingerprint density at radius 1 is 1.07 bits per heavy atom. The highest BCUT2D eigenvalue weighted by Gasteiger charge is 2.17. The molecule has 5 nitrogen and oxygen atoms in total. The third-order valence-electron chi connectivity index (χ3n) is 4.93. The first-order chi connectivity index (χ1) is 13.6. The second-order valence-corrected chi connectivity index (χ2v) is 7.35. The zero-order chi connectivity index (χ0) is 19.9. The lowest BCUT2D eigenvalue weighted by Gasteiger charge is -2.34. The van der Waals surface area contributed by atoms with E-state index in [1.807, 2.05) is 48.5 Å². The van der Waals surface area contributed by atoms with Gasteiger partial charge in [-0.2, -0.15) is 0 Å². The Hall–Kier alpha value is -2.44. The average molecular weight is 398 g/mol. The van der Waals surface area contributed by atoms with Crippen LogP contribution in [0.25, 0.3) is 0 Å². The van der Waals surface area contributed by atoms with Gasteiger partial charge < -0.3 is 19.9 Å². The van der Waals surface area contributed by atoms with Crippen LogP contribution in [0.15, 0.2) is 48.5 Å². The summed E-state index contributed by atoms with van der Waals surface area (Å²) in [6, 6.07) is 15.5. The van der Waals surface area contributed by atoms with Gasteiger partial charge in [-0.1, -0.05) is 37.3 Å². The number of nitrogens with zero attached hydrogens (tertiary/aromatic N) is 2. The zero-order valence-corrected chi connectivity index (χ0v) is 17.3. The minimum atomic E-state index is -0.169. The molecule has 0 spiro atoms. The van der Waals surface area contributed by atoms with E-state index in [1.54, 1.807) is 0 Å². The summed E-state index contributed by atoms with van der Waals surface area (Å²) in [7, 11) is 2.13. The Bertz CT molecular complexity index is 815. The molecule has 1 aliphatic rings. The molecule has 2 aromatic carbocycles. The summed E-state index contributed by atoms with van der Waals surface area (Å²) < 4.78 is 5.63. The molecule has 0 aromatic heterocycles. The fourth-order valence-corrected chi connectivity index (χ4v) is 3.49. The maximum atomic E-state index is 12.2. The van der Waals surface area contributed by atoms with Crippen molar-refractivity contribution >= 4 is 28.8 Å². The Morgan fingerprint density at radius 2 is 1.75 bits per heavy atom. The van der Waals surface area contributed by atoms with Crippen molar-refractivity contribution in [2.24, 2.45) is 0 Å². The van der Waals surface area contributed by atoms with E-state index in [2.05, 4.69) is 29.1 Å². The molecule has 0 bridgehead atoms. The number of carbonyl (C=O) groups excluding carboxylic acids is 1. The summed E-state index contributed by atoms with van der Waals surface area (Å²) in [5.41, 5.74) is 2.96. The van der Waals surface area contributed by atoms with Crippen molar-refractivity contribution in [1.82, 2.24) is 9.80 Å². The fourth-order valence-electron chi connectivity index (χ4n) is 3.17. The molecule has 3 rings (SSSR count). The quantitative estimate of drug-likeness (QED) is 0.759. The number of anilines is 1. The topological polar surface area (TPSA) is 44.8 Å². The average Bonchev–Trinajstić information content (AvgIpc) is 2.73. The van der Waals surface area contributed by atoms with Gasteiger partial charge in [-0.3, -0.25) is 4.79 Å². The van der Waals surface area contributed by atoms with Gasteiger partial charge in [-0.15, -0.1) is 0 Å². The summed E-state index contributed by atoms with van der Waals surface area (Å²) in [5.74, 6) is 0.488. The van der Waals surface area contributed by atoms with Crippen molar-refractivity contribution in [3.8, 4) is 5.75 Å². The van der Waals surface area contributed by atoms with Gasteiger partial charge in [0.15, 0.2) is 6.61 Å². The van der Waals surface area contributed by atoms with Crippen molar-refractivity contribution in [1.29, 1.82) is 0 Å². The maximum Gasteiger partial charge on any atom is 0.262 e. The van der Waals surface area contributed by atoms with Crippen molar-refractivity contribution in [3.05, 3.63) is 59.7 Å². The monoisotopic (exact) mass is 397 g/mol. The van der Waals surface area contributed by atoms with Crippen LogP contribution in [-0.4, -0.2) is 60.5 Å². The molecule has 6 heteroatoms. The van der Waals surface area contributed by atoms with Gasteiger partial charge in [-0.25, -0.2) is 0 Å². The predicted octanol–water partition coefficient (Wildman–Crippen LogP) is 3.19. The highest BCUT2D eigenvalue weighted by Crippen LogP contribution is 2.17. The minimum Gasteiger partial charge on any atom is -0.484 e. The van der Waals surface area contributed by atoms with E-state index < -0.39 is 0 Å². The van der Waals surface area contributed by atoms with Gasteiger partial charge in [-0.05, 0) is 49.4 Å². The predicted molar refractivity (Wildman–Crippen MR) is 117 cm³/mol. The van der Waals surface area contributed by atoms with Gasteiger partial charge in [0.2, 0.25) is 0 Å². The highest BCUT2D eigenvalue weighted by molar-refractivity contribution is 7.80. The van der Waals surface area contributed by atoms with E-state index in [-0.39, 0.29) is 12.5 Å². The highest BCUT2D eigenvalue weighted by atomic mass is 32.1. The Balaban J connectivity index is 1.51. The second kappa shape index (κ2) is 9.66. The largest absolute Gasteiger partial charge is 0.484 e. The van der Waals surface area contributed by atoms with Crippen molar-refractivity contribution in [2.75, 3.05) is 45.2 Å². The number of hydrogen-bond acceptors (Lipinski definition) is 4. The van der Waals surface area contributed by atoms with E-state index in [9.17, 15) is 4.79 Å². The molecule has 0 aliphatic carbocycles. The van der Waals surface area contributed by atoms with Crippen molar-refractivity contribution in [3.63, 3.8) is 0 Å². The molecule has 0 radical (unpaired) electrons. The first kappa shape index (κ1) is 20.3. The van der Waals surface area contributed by atoms with Crippen LogP contribution in [0.3, 0.4) is 0 Å². The van der Waals surface area contributed by atoms with Crippen LogP contribution in [0, 0.1) is 0 Å². The molecule has 28 heavy (non-hydrogen) atoms. The normalized spacial score (nSPS) is 14.6. The number of nitrogens with one attached hydrogen (secondary N) is 1. The molecule has 0 saturated carbocycles. The number of likely N-dealkylation sites (N-methyl/N-ethyl adjacent to an activating group) is 1. The second-order valence-electron chi connectivity index (χ2n) is 6.97. The molecule has 1 saturated heterocycles. The third kappa shape index (κ3) is 5.30. The standard InChI is InChI=1S/C22H27N3O2S/c1-3-17-6-4-5-7-20(17)23-21(26)16-27-19-10-8-18(9-11-19)22(28)25-14-12-24(2)13-15-25/h4-11H,3,12-16H2,1-2H3,(H,23,26). The van der Waals surface area contributed by atoms with Gasteiger partial charge in [0.05, 0.1) is 0 Å². The maximum absolute atomic E-state index is 12.2. The lowest BCUT2D eigenvalue weighted by Crippen LogP contribution is -2.46. The molecule has 0 atom stereocenters. The van der Waals surface area contributed by atoms with Crippen LogP contribution in [0.2, 0.25) is 0 Å². The van der Waals surface area contributed by atoms with Crippen LogP contribution in [0.4, 0.5) is 5.69 Å². The molecule has 2 aromatic rings. The first-order valence-corrected chi connectivity index (χ1v) is 10.1. The number of aryl methyl sites for hydroxylation is 1. The molecule has 1 fully saturated rings. The van der Waals surface area contributed by atoms with Gasteiger partial charge in [0.25, 0.3) is 5.91 Å². The van der Waals surface area contributed by atoms with Crippen LogP contribution >= 0.6 is 12.2 Å². The molecular formula is C22H27N3O2S. The molecule has 1 amide bonds. The summed E-state index contributed by atoms with van der Waals surface area (Å²) in [4.78, 5) is 17.6. The van der Waals surface area contributed by atoms with E-state index in [0.29, 0.717) is 5.75 Å². The SMILES string of the molecule is CCc1ccccc1NC(=O)COc1ccc(C(=S)N2CCN(C)CC2)cc1. The van der Waals surface area contributed by atoms with E-state index in [0.717, 1.165) is 54.4 Å². The number of para-hydroxylation sites is 1. The van der Waals surface area contributed by atoms with Crippen LogP contribution in [-0.2, 0) is 11.2 Å². The fraction of sp³-hybridized carbons (Fsp3) is 0.364. The number of piperazine rings is 1. The number of amides is 1. The summed E-state index contributed by atoms with van der Waals surface area (Å²) in [6.07, 6.45) is 0.867. The molecule has 148 valence electrons. The number of thiocarbonyl (C=S) groups is 1. The summed E-state index contributed by atoms with van der Waals surface area (Å²) in [6.45, 7) is 5.99. The Kier molecular flexibility index (Phi) is 7.01. The lowest BCUT2D eigenvalue weighted by molar-refractivity contribution is -0.118. The van der Waals surface area contributed by atoms with Crippen molar-refractivity contribution < 1.29 is 9.53 Å². The van der Waals surface area contributed by atoms with Crippen LogP contribution in [0.5, 0.6) is 5.75 Å². The van der Waals surface area contributed by atoms with Crippen molar-refractivity contribution in [2.45, 2.75) is 13.3 Å². The smallest absolute Gasteiger partial charge is 0.262 e. The number of rotatable bonds is 6. The number of ether oxygens (including phenoxy) is 1. The van der Waals surface area contributed by atoms with E-state index >= 15 is 0 Å². The molecule has 0 unspecified atom stereocenters. The molecule has 1 N–H and O–H groups in total. The van der Waals surface area contributed by atoms with E-state index in [1.165, 1.54) is 0 Å². The number of carbonyl (C=O) groups is 1. The van der Waals surface area contributed by atoms with Gasteiger partial charge in [0.1, 0.15) is 10.7 Å². The zero-order valence-electron chi connectivity index (χ0n) is 16.5. The summed E-state index contributed by atoms with van der Waals surface area (Å²) in [5, 5.41) is 2.91. The Morgan fingerprint density at radius 3 is 2.43 bits per heavy atom. The summed E-state index contributed by atoms with van der Waals surface area (Å²) >= 11 is 5.63.